The zero-order chi connectivity index (χ0) is 16.4. The number of hydrogen-bond acceptors (Lipinski definition) is 6. The van der Waals surface area contributed by atoms with Crippen LogP contribution in [0.3, 0.4) is 0 Å². The number of nitrogen functional groups attached to an aromatic ring is 1. The molecule has 3 rings (SSSR count). The first-order chi connectivity index (χ1) is 11.1. The fraction of sp³-hybridized carbons (Fsp3) is 0.467. The topological polar surface area (TPSA) is 123 Å². The molecule has 1 fully saturated rings. The molecule has 1 saturated heterocycles. The number of aliphatic hydroxyl groups is 1. The Morgan fingerprint density at radius 2 is 2.30 bits per heavy atom. The van der Waals surface area contributed by atoms with Crippen LogP contribution >= 0.6 is 0 Å². The van der Waals surface area contributed by atoms with E-state index in [1.165, 1.54) is 0 Å². The van der Waals surface area contributed by atoms with Crippen LogP contribution in [-0.2, 0) is 0 Å². The standard InChI is InChI=1S/C15H22N6O2/c16-14(17)11-4-1-5-12-13(11)21(23)15(19-12)18-6-8-20-7-2-3-10(20)9-22/h1,4-5,10,22-23H,2-3,6-9H2,(H3,16,17)(H,18,19). The van der Waals surface area contributed by atoms with Gasteiger partial charge in [-0.3, -0.25) is 10.3 Å². The minimum atomic E-state index is -0.111. The summed E-state index contributed by atoms with van der Waals surface area (Å²) in [5.74, 6) is 0.216. The maximum Gasteiger partial charge on any atom is 0.237 e. The Morgan fingerprint density at radius 1 is 1.48 bits per heavy atom. The second-order valence-electron chi connectivity index (χ2n) is 5.78. The highest BCUT2D eigenvalue weighted by Crippen LogP contribution is 2.22. The number of nitrogens with two attached hydrogens (primary N) is 1. The quantitative estimate of drug-likeness (QED) is 0.299. The van der Waals surface area contributed by atoms with Crippen molar-refractivity contribution in [1.29, 1.82) is 5.41 Å². The third kappa shape index (κ3) is 2.95. The second kappa shape index (κ2) is 6.43. The molecule has 0 saturated carbocycles. The molecule has 23 heavy (non-hydrogen) atoms. The summed E-state index contributed by atoms with van der Waals surface area (Å²) in [5.41, 5.74) is 7.01. The van der Waals surface area contributed by atoms with E-state index in [0.29, 0.717) is 29.1 Å². The molecule has 0 bridgehead atoms. The summed E-state index contributed by atoms with van der Waals surface area (Å²) in [6, 6.07) is 5.43. The van der Waals surface area contributed by atoms with Crippen molar-refractivity contribution in [2.24, 2.45) is 5.73 Å². The van der Waals surface area contributed by atoms with Gasteiger partial charge < -0.3 is 21.4 Å². The van der Waals surface area contributed by atoms with E-state index in [4.69, 9.17) is 11.1 Å². The summed E-state index contributed by atoms with van der Waals surface area (Å²) in [4.78, 5) is 6.57. The van der Waals surface area contributed by atoms with Crippen LogP contribution in [-0.4, -0.2) is 63.0 Å². The molecule has 1 aromatic heterocycles. The van der Waals surface area contributed by atoms with Gasteiger partial charge in [-0.15, -0.1) is 4.73 Å². The van der Waals surface area contributed by atoms with Crippen molar-refractivity contribution in [3.8, 4) is 0 Å². The summed E-state index contributed by atoms with van der Waals surface area (Å²) in [6.07, 6.45) is 2.13. The molecule has 0 spiro atoms. The van der Waals surface area contributed by atoms with Crippen molar-refractivity contribution in [3.05, 3.63) is 23.8 Å². The highest BCUT2D eigenvalue weighted by molar-refractivity contribution is 6.06. The van der Waals surface area contributed by atoms with Crippen LogP contribution in [0.5, 0.6) is 0 Å². The normalized spacial score (nSPS) is 18.6. The third-order valence-corrected chi connectivity index (χ3v) is 4.34. The molecule has 0 radical (unpaired) electrons. The Labute approximate surface area is 134 Å². The molecule has 2 aromatic rings. The zero-order valence-electron chi connectivity index (χ0n) is 12.9. The van der Waals surface area contributed by atoms with Crippen LogP contribution in [0.2, 0.25) is 0 Å². The minimum Gasteiger partial charge on any atom is -0.425 e. The molecule has 8 nitrogen and oxygen atoms in total. The van der Waals surface area contributed by atoms with E-state index in [9.17, 15) is 10.3 Å². The fourth-order valence-corrected chi connectivity index (χ4v) is 3.15. The number of hydrogen-bond donors (Lipinski definition) is 5. The van der Waals surface area contributed by atoms with Crippen LogP contribution in [0.4, 0.5) is 5.95 Å². The lowest BCUT2D eigenvalue weighted by molar-refractivity contribution is 0.162. The average Bonchev–Trinajstić information content (AvgIpc) is 3.12. The van der Waals surface area contributed by atoms with Crippen molar-refractivity contribution in [2.75, 3.05) is 31.6 Å². The molecule has 8 heteroatoms. The lowest BCUT2D eigenvalue weighted by atomic mass is 10.2. The van der Waals surface area contributed by atoms with Gasteiger partial charge >= 0.3 is 0 Å². The van der Waals surface area contributed by atoms with Gasteiger partial charge in [0.1, 0.15) is 11.4 Å². The lowest BCUT2D eigenvalue weighted by Crippen LogP contribution is -2.36. The van der Waals surface area contributed by atoms with Crippen LogP contribution in [0.1, 0.15) is 18.4 Å². The van der Waals surface area contributed by atoms with Gasteiger partial charge in [0.15, 0.2) is 0 Å². The van der Waals surface area contributed by atoms with E-state index in [0.717, 1.165) is 30.7 Å². The minimum absolute atomic E-state index is 0.111. The van der Waals surface area contributed by atoms with E-state index in [1.807, 2.05) is 0 Å². The van der Waals surface area contributed by atoms with Gasteiger partial charge in [-0.25, -0.2) is 4.98 Å². The molecule has 0 aliphatic carbocycles. The van der Waals surface area contributed by atoms with E-state index in [2.05, 4.69) is 15.2 Å². The highest BCUT2D eigenvalue weighted by Gasteiger charge is 2.23. The molecule has 0 amide bonds. The Balaban J connectivity index is 1.72. The number of nitrogens with one attached hydrogen (secondary N) is 2. The van der Waals surface area contributed by atoms with Gasteiger partial charge in [-0.05, 0) is 31.5 Å². The molecule has 2 heterocycles. The summed E-state index contributed by atoms with van der Waals surface area (Å²) < 4.78 is 0.944. The number of benzene rings is 1. The van der Waals surface area contributed by atoms with Gasteiger partial charge in [0, 0.05) is 24.7 Å². The number of amidine groups is 1. The largest absolute Gasteiger partial charge is 0.425 e. The number of aromatic nitrogens is 2. The Hall–Kier alpha value is -2.32. The number of aliphatic hydroxyl groups excluding tert-OH is 1. The Kier molecular flexibility index (Phi) is 4.35. The van der Waals surface area contributed by atoms with E-state index >= 15 is 0 Å². The van der Waals surface area contributed by atoms with Crippen molar-refractivity contribution in [3.63, 3.8) is 0 Å². The molecule has 1 aliphatic heterocycles. The lowest BCUT2D eigenvalue weighted by Gasteiger charge is -2.22. The molecule has 1 atom stereocenters. The summed E-state index contributed by atoms with van der Waals surface area (Å²) in [5, 5.41) is 30.3. The molecule has 6 N–H and O–H groups in total. The maximum absolute atomic E-state index is 10.3. The highest BCUT2D eigenvalue weighted by atomic mass is 16.5. The first kappa shape index (κ1) is 15.6. The van der Waals surface area contributed by atoms with Gasteiger partial charge in [0.2, 0.25) is 5.95 Å². The maximum atomic E-state index is 10.3. The van der Waals surface area contributed by atoms with E-state index in [-0.39, 0.29) is 18.5 Å². The zero-order valence-corrected chi connectivity index (χ0v) is 12.9. The van der Waals surface area contributed by atoms with E-state index < -0.39 is 0 Å². The third-order valence-electron chi connectivity index (χ3n) is 4.34. The number of likely N-dealkylation sites (tertiary alicyclic amines) is 1. The van der Waals surface area contributed by atoms with Crippen molar-refractivity contribution in [1.82, 2.24) is 14.6 Å². The van der Waals surface area contributed by atoms with Crippen molar-refractivity contribution >= 4 is 22.8 Å². The van der Waals surface area contributed by atoms with Crippen LogP contribution in [0, 0.1) is 5.41 Å². The molecule has 124 valence electrons. The Morgan fingerprint density at radius 3 is 3.04 bits per heavy atom. The smallest absolute Gasteiger partial charge is 0.237 e. The molecule has 1 aromatic carbocycles. The van der Waals surface area contributed by atoms with Crippen LogP contribution in [0.25, 0.3) is 11.0 Å². The summed E-state index contributed by atoms with van der Waals surface area (Å²) >= 11 is 0. The number of rotatable bonds is 6. The number of para-hydroxylation sites is 1. The average molecular weight is 318 g/mol. The molecule has 1 unspecified atom stereocenters. The van der Waals surface area contributed by atoms with Gasteiger partial charge in [-0.1, -0.05) is 6.07 Å². The second-order valence-corrected chi connectivity index (χ2v) is 5.78. The summed E-state index contributed by atoms with van der Waals surface area (Å²) in [6.45, 7) is 2.54. The number of fused-ring (bicyclic) bond motifs is 1. The predicted octanol–water partition coefficient (Wildman–Crippen LogP) is 0.426. The Bertz CT molecular complexity index is 713. The van der Waals surface area contributed by atoms with Crippen molar-refractivity contribution < 1.29 is 10.3 Å². The number of nitrogens with zero attached hydrogens (tertiary/aromatic N) is 3. The van der Waals surface area contributed by atoms with Crippen LogP contribution < -0.4 is 11.1 Å². The van der Waals surface area contributed by atoms with Gasteiger partial charge in [0.05, 0.1) is 12.1 Å². The van der Waals surface area contributed by atoms with Crippen LogP contribution in [0.15, 0.2) is 18.2 Å². The SMILES string of the molecule is N=C(N)c1cccc2nc(NCCN3CCCC3CO)n(O)c12. The molecular formula is C15H22N6O2. The first-order valence-electron chi connectivity index (χ1n) is 7.75. The molecule has 1 aliphatic rings. The fourth-order valence-electron chi connectivity index (χ4n) is 3.15. The molecular weight excluding hydrogens is 296 g/mol. The van der Waals surface area contributed by atoms with E-state index in [1.54, 1.807) is 18.2 Å². The summed E-state index contributed by atoms with van der Waals surface area (Å²) in [7, 11) is 0. The van der Waals surface area contributed by atoms with Gasteiger partial charge in [0.25, 0.3) is 0 Å². The van der Waals surface area contributed by atoms with Gasteiger partial charge in [-0.2, -0.15) is 0 Å². The number of anilines is 1. The first-order valence-corrected chi connectivity index (χ1v) is 7.75. The van der Waals surface area contributed by atoms with Crippen molar-refractivity contribution in [2.45, 2.75) is 18.9 Å². The predicted molar refractivity (Wildman–Crippen MR) is 88.1 cm³/mol. The monoisotopic (exact) mass is 318 g/mol. The number of imidazole rings is 1.